The Balaban J connectivity index is 1.48. The van der Waals surface area contributed by atoms with E-state index in [1.54, 1.807) is 54.6 Å². The molecule has 0 aromatic heterocycles. The number of nitriles is 1. The summed E-state index contributed by atoms with van der Waals surface area (Å²) >= 11 is 12.2. The molecule has 2 aromatic rings. The molecule has 212 valence electrons. The molecule has 2 aromatic carbocycles. The van der Waals surface area contributed by atoms with Gasteiger partial charge in [0.05, 0.1) is 10.6 Å². The number of hydrogen-bond acceptors (Lipinski definition) is 5. The molecule has 5 nitrogen and oxygen atoms in total. The second-order valence-electron chi connectivity index (χ2n) is 9.85. The van der Waals surface area contributed by atoms with Gasteiger partial charge in [0.25, 0.3) is 0 Å². The van der Waals surface area contributed by atoms with E-state index in [9.17, 15) is 13.7 Å². The number of hydrogen-bond donors (Lipinski definition) is 0. The first-order valence-corrected chi connectivity index (χ1v) is 16.1. The van der Waals surface area contributed by atoms with Gasteiger partial charge in [-0.3, -0.25) is 4.28 Å². The number of unbranched alkanes of at least 4 members (excludes halogenated alkanes) is 9. The Kier molecular flexibility index (Phi) is 13.0. The van der Waals surface area contributed by atoms with Crippen LogP contribution >= 0.6 is 23.2 Å². The highest BCUT2D eigenvalue weighted by molar-refractivity contribution is 7.86. The highest BCUT2D eigenvalue weighted by atomic mass is 35.5. The van der Waals surface area contributed by atoms with Crippen molar-refractivity contribution in [1.29, 1.82) is 5.26 Å². The average molecular weight is 600 g/mol. The molecule has 0 unspecified atom stereocenters. The molecule has 0 saturated carbocycles. The van der Waals surface area contributed by atoms with Crippen LogP contribution in [0.25, 0.3) is 5.57 Å². The Labute approximate surface area is 249 Å². The Bertz CT molecular complexity index is 1380. The van der Waals surface area contributed by atoms with E-state index in [1.807, 2.05) is 12.1 Å². The maximum absolute atomic E-state index is 12.6. The lowest BCUT2D eigenvalue weighted by Gasteiger charge is -2.09. The third-order valence-electron chi connectivity index (χ3n) is 6.74. The van der Waals surface area contributed by atoms with Crippen molar-refractivity contribution in [2.24, 2.45) is 5.16 Å². The SMILES string of the molecule is CCCCCCCCCCCCc1ccc(S(=O)(=O)ON=C2C=CC(=C(C#N)c3ccc(Cl)cc3Cl)C=C2)cc1. The van der Waals surface area contributed by atoms with Gasteiger partial charge in [-0.25, -0.2) is 0 Å². The minimum atomic E-state index is -4.06. The van der Waals surface area contributed by atoms with Gasteiger partial charge in [-0.2, -0.15) is 13.7 Å². The van der Waals surface area contributed by atoms with Crippen LogP contribution in [0, 0.1) is 11.3 Å². The molecule has 8 heteroatoms. The summed E-state index contributed by atoms with van der Waals surface area (Å²) in [6.45, 7) is 2.24. The van der Waals surface area contributed by atoms with E-state index in [-0.39, 0.29) is 4.90 Å². The number of halogens is 2. The highest BCUT2D eigenvalue weighted by Crippen LogP contribution is 2.30. The van der Waals surface area contributed by atoms with Gasteiger partial charge in [0.15, 0.2) is 0 Å². The second-order valence-corrected chi connectivity index (χ2v) is 12.2. The van der Waals surface area contributed by atoms with Gasteiger partial charge in [0, 0.05) is 10.6 Å². The minimum absolute atomic E-state index is 0.0529. The van der Waals surface area contributed by atoms with Crippen molar-refractivity contribution in [1.82, 2.24) is 0 Å². The zero-order valence-electron chi connectivity index (χ0n) is 22.9. The topological polar surface area (TPSA) is 79.5 Å². The molecule has 0 amide bonds. The zero-order chi connectivity index (χ0) is 28.8. The number of benzene rings is 2. The Morgan fingerprint density at radius 2 is 1.45 bits per heavy atom. The van der Waals surface area contributed by atoms with Gasteiger partial charge >= 0.3 is 10.1 Å². The molecule has 0 bridgehead atoms. The van der Waals surface area contributed by atoms with Crippen LogP contribution in [-0.2, 0) is 20.8 Å². The maximum Gasteiger partial charge on any atom is 0.358 e. The van der Waals surface area contributed by atoms with E-state index in [4.69, 9.17) is 27.5 Å². The summed E-state index contributed by atoms with van der Waals surface area (Å²) < 4.78 is 30.2. The van der Waals surface area contributed by atoms with Gasteiger partial charge in [-0.15, -0.1) is 0 Å². The largest absolute Gasteiger partial charge is 0.358 e. The van der Waals surface area contributed by atoms with Crippen molar-refractivity contribution in [3.63, 3.8) is 0 Å². The van der Waals surface area contributed by atoms with Crippen molar-refractivity contribution < 1.29 is 12.7 Å². The molecule has 0 atom stereocenters. The molecule has 0 heterocycles. The van der Waals surface area contributed by atoms with Crippen LogP contribution in [0.3, 0.4) is 0 Å². The van der Waals surface area contributed by atoms with Gasteiger partial charge in [-0.05, 0) is 60.4 Å². The summed E-state index contributed by atoms with van der Waals surface area (Å²) in [6, 6.07) is 13.9. The molecular weight excluding hydrogens is 563 g/mol. The molecule has 0 saturated heterocycles. The van der Waals surface area contributed by atoms with Crippen molar-refractivity contribution in [2.45, 2.75) is 82.4 Å². The number of rotatable bonds is 15. The normalized spacial score (nSPS) is 12.8. The first kappa shape index (κ1) is 31.7. The quantitative estimate of drug-likeness (QED) is 0.116. The first-order chi connectivity index (χ1) is 19.3. The van der Waals surface area contributed by atoms with Gasteiger partial charge in [0.1, 0.15) is 16.7 Å². The number of nitrogens with zero attached hydrogens (tertiary/aromatic N) is 2. The smallest absolute Gasteiger partial charge is 0.264 e. The summed E-state index contributed by atoms with van der Waals surface area (Å²) in [5, 5.41) is 14.3. The predicted molar refractivity (Wildman–Crippen MR) is 165 cm³/mol. The predicted octanol–water partition coefficient (Wildman–Crippen LogP) is 9.62. The molecule has 0 aliphatic heterocycles. The van der Waals surface area contributed by atoms with E-state index >= 15 is 0 Å². The fourth-order valence-corrected chi connectivity index (χ4v) is 5.68. The zero-order valence-corrected chi connectivity index (χ0v) is 25.2. The van der Waals surface area contributed by atoms with Crippen LogP contribution in [0.1, 0.15) is 82.3 Å². The molecule has 1 aliphatic rings. The van der Waals surface area contributed by atoms with Crippen molar-refractivity contribution >= 4 is 44.6 Å². The fraction of sp³-hybridized carbons (Fsp3) is 0.375. The second kappa shape index (κ2) is 16.4. The lowest BCUT2D eigenvalue weighted by atomic mass is 9.97. The lowest BCUT2D eigenvalue weighted by Crippen LogP contribution is -2.05. The van der Waals surface area contributed by atoms with Gasteiger partial charge in [-0.1, -0.05) is 123 Å². The fourth-order valence-electron chi connectivity index (χ4n) is 4.44. The number of aryl methyl sites for hydroxylation is 1. The number of allylic oxidation sites excluding steroid dienone is 6. The number of oxime groups is 1. The van der Waals surface area contributed by atoms with E-state index in [1.165, 1.54) is 57.8 Å². The van der Waals surface area contributed by atoms with Crippen molar-refractivity contribution in [2.75, 3.05) is 0 Å². The van der Waals surface area contributed by atoms with Crippen LogP contribution in [0.4, 0.5) is 0 Å². The standard InChI is InChI=1S/C32H36Cl2N2O3S/c1-2-3-4-5-6-7-8-9-10-11-12-25-13-20-29(21-14-25)40(37,38)39-36-28-18-15-26(16-19-28)31(24-35)30-22-17-27(33)23-32(30)34/h13-23H,2-12H2,1H3. The van der Waals surface area contributed by atoms with Crippen LogP contribution in [0.2, 0.25) is 10.0 Å². The molecule has 0 fully saturated rings. The highest BCUT2D eigenvalue weighted by Gasteiger charge is 2.17. The molecule has 1 aliphatic carbocycles. The molecule has 3 rings (SSSR count). The first-order valence-electron chi connectivity index (χ1n) is 13.9. The maximum atomic E-state index is 12.6. The van der Waals surface area contributed by atoms with Gasteiger partial charge in [0.2, 0.25) is 0 Å². The molecule has 0 N–H and O–H groups in total. The third kappa shape index (κ3) is 9.96. The summed E-state index contributed by atoms with van der Waals surface area (Å²) in [6.07, 6.45) is 20.2. The monoisotopic (exact) mass is 598 g/mol. The Morgan fingerprint density at radius 3 is 2.02 bits per heavy atom. The van der Waals surface area contributed by atoms with Gasteiger partial charge < -0.3 is 0 Å². The molecule has 0 spiro atoms. The molecule has 40 heavy (non-hydrogen) atoms. The Hall–Kier alpha value is -2.85. The van der Waals surface area contributed by atoms with Crippen molar-refractivity contribution in [3.8, 4) is 6.07 Å². The summed E-state index contributed by atoms with van der Waals surface area (Å²) in [5.74, 6) is 0. The summed E-state index contributed by atoms with van der Waals surface area (Å²) in [4.78, 5) is 0.0529. The molecular formula is C32H36Cl2N2O3S. The van der Waals surface area contributed by atoms with Crippen LogP contribution < -0.4 is 0 Å². The Morgan fingerprint density at radius 1 is 0.850 bits per heavy atom. The van der Waals surface area contributed by atoms with Crippen LogP contribution in [0.15, 0.2) is 82.4 Å². The third-order valence-corrected chi connectivity index (χ3v) is 8.41. The van der Waals surface area contributed by atoms with E-state index in [0.29, 0.717) is 32.5 Å². The van der Waals surface area contributed by atoms with Crippen LogP contribution in [0.5, 0.6) is 0 Å². The summed E-state index contributed by atoms with van der Waals surface area (Å²) in [5.41, 5.74) is 2.92. The lowest BCUT2D eigenvalue weighted by molar-refractivity contribution is 0.339. The minimum Gasteiger partial charge on any atom is -0.264 e. The van der Waals surface area contributed by atoms with E-state index in [2.05, 4.69) is 18.1 Å². The molecule has 0 radical (unpaired) electrons. The average Bonchev–Trinajstić information content (AvgIpc) is 2.95. The van der Waals surface area contributed by atoms with Crippen molar-refractivity contribution in [3.05, 3.63) is 93.5 Å². The van der Waals surface area contributed by atoms with E-state index in [0.717, 1.165) is 18.4 Å². The van der Waals surface area contributed by atoms with Crippen LogP contribution in [-0.4, -0.2) is 14.1 Å². The summed E-state index contributed by atoms with van der Waals surface area (Å²) in [7, 11) is -4.06. The van der Waals surface area contributed by atoms with E-state index < -0.39 is 10.1 Å².